The molecule has 19 heavy (non-hydrogen) atoms. The fraction of sp³-hybridized carbons (Fsp3) is 0.667. The van der Waals surface area contributed by atoms with Crippen LogP contribution < -0.4 is 5.73 Å². The van der Waals surface area contributed by atoms with Crippen molar-refractivity contribution in [2.75, 3.05) is 32.7 Å². The van der Waals surface area contributed by atoms with Gasteiger partial charge in [-0.15, -0.1) is 0 Å². The number of hydrogen-bond donors (Lipinski definition) is 1. The molecule has 0 saturated carbocycles. The van der Waals surface area contributed by atoms with Crippen LogP contribution in [-0.4, -0.2) is 53.5 Å². The van der Waals surface area contributed by atoms with E-state index in [1.807, 2.05) is 12.4 Å². The minimum absolute atomic E-state index is 0.357. The lowest BCUT2D eigenvalue weighted by molar-refractivity contribution is 0.203. The third kappa shape index (κ3) is 2.81. The summed E-state index contributed by atoms with van der Waals surface area (Å²) in [5.74, 6) is 0. The summed E-state index contributed by atoms with van der Waals surface area (Å²) in [6, 6.07) is 5.30. The van der Waals surface area contributed by atoms with Gasteiger partial charge in [-0.2, -0.15) is 0 Å². The van der Waals surface area contributed by atoms with Crippen molar-refractivity contribution in [2.24, 2.45) is 5.73 Å². The number of pyridine rings is 1. The molecule has 0 bridgehead atoms. The third-order valence-electron chi connectivity index (χ3n) is 4.61. The molecular formula is C15H24N4. The Kier molecular flexibility index (Phi) is 4.11. The Hall–Kier alpha value is -0.970. The number of likely N-dealkylation sites (tertiary alicyclic amines) is 2. The molecule has 2 aliphatic heterocycles. The van der Waals surface area contributed by atoms with E-state index in [0.29, 0.717) is 12.6 Å². The van der Waals surface area contributed by atoms with Crippen LogP contribution in [0, 0.1) is 0 Å². The Morgan fingerprint density at radius 2 is 1.95 bits per heavy atom. The van der Waals surface area contributed by atoms with Gasteiger partial charge in [-0.25, -0.2) is 0 Å². The molecule has 4 nitrogen and oxygen atoms in total. The van der Waals surface area contributed by atoms with E-state index in [4.69, 9.17) is 5.73 Å². The van der Waals surface area contributed by atoms with Crippen LogP contribution in [0.3, 0.4) is 0 Å². The van der Waals surface area contributed by atoms with Gasteiger partial charge in [0.25, 0.3) is 0 Å². The average Bonchev–Trinajstić information content (AvgIpc) is 3.11. The minimum atomic E-state index is 0.357. The second kappa shape index (κ2) is 5.99. The fourth-order valence-corrected chi connectivity index (χ4v) is 3.54. The van der Waals surface area contributed by atoms with Crippen molar-refractivity contribution < 1.29 is 0 Å². The summed E-state index contributed by atoms with van der Waals surface area (Å²) in [7, 11) is 0. The first-order chi connectivity index (χ1) is 9.38. The molecule has 0 aromatic carbocycles. The monoisotopic (exact) mass is 260 g/mol. The number of rotatable bonds is 4. The van der Waals surface area contributed by atoms with Gasteiger partial charge in [0, 0.05) is 44.1 Å². The molecule has 2 atom stereocenters. The molecule has 104 valence electrons. The predicted octanol–water partition coefficient (Wildman–Crippen LogP) is 1.25. The van der Waals surface area contributed by atoms with Crippen LogP contribution in [0.15, 0.2) is 24.5 Å². The topological polar surface area (TPSA) is 45.4 Å². The van der Waals surface area contributed by atoms with Crippen molar-refractivity contribution in [2.45, 2.75) is 31.3 Å². The number of nitrogens with zero attached hydrogens (tertiary/aromatic N) is 3. The molecule has 1 aromatic rings. The van der Waals surface area contributed by atoms with Gasteiger partial charge in [0.05, 0.1) is 0 Å². The summed E-state index contributed by atoms with van der Waals surface area (Å²) < 4.78 is 0. The maximum atomic E-state index is 6.01. The van der Waals surface area contributed by atoms with Gasteiger partial charge in [-0.05, 0) is 50.0 Å². The molecule has 0 amide bonds. The van der Waals surface area contributed by atoms with E-state index >= 15 is 0 Å². The van der Waals surface area contributed by atoms with Gasteiger partial charge in [0.1, 0.15) is 0 Å². The summed E-state index contributed by atoms with van der Waals surface area (Å²) in [6.45, 7) is 5.62. The first kappa shape index (κ1) is 13.0. The quantitative estimate of drug-likeness (QED) is 0.885. The molecule has 2 aliphatic rings. The predicted molar refractivity (Wildman–Crippen MR) is 76.8 cm³/mol. The Bertz CT molecular complexity index is 388. The summed E-state index contributed by atoms with van der Waals surface area (Å²) in [5.41, 5.74) is 7.31. The highest BCUT2D eigenvalue weighted by Gasteiger charge is 2.32. The summed E-state index contributed by atoms with van der Waals surface area (Å²) in [4.78, 5) is 9.32. The summed E-state index contributed by atoms with van der Waals surface area (Å²) in [5, 5.41) is 0. The van der Waals surface area contributed by atoms with E-state index in [2.05, 4.69) is 26.9 Å². The zero-order valence-corrected chi connectivity index (χ0v) is 11.5. The van der Waals surface area contributed by atoms with Gasteiger partial charge in [0.15, 0.2) is 0 Å². The van der Waals surface area contributed by atoms with Gasteiger partial charge >= 0.3 is 0 Å². The molecule has 1 aromatic heterocycles. The third-order valence-corrected chi connectivity index (χ3v) is 4.61. The largest absolute Gasteiger partial charge is 0.329 e. The standard InChI is InChI=1S/C15H24N4/c16-11-15(13-3-6-17-7-4-13)19-10-5-14(12-19)18-8-1-2-9-18/h3-4,6-7,14-15H,1-2,5,8-12,16H2. The lowest BCUT2D eigenvalue weighted by Crippen LogP contribution is -2.38. The molecular weight excluding hydrogens is 236 g/mol. The lowest BCUT2D eigenvalue weighted by atomic mass is 10.1. The van der Waals surface area contributed by atoms with Gasteiger partial charge in [-0.3, -0.25) is 14.8 Å². The number of hydrogen-bond acceptors (Lipinski definition) is 4. The number of aromatic nitrogens is 1. The maximum absolute atomic E-state index is 6.01. The van der Waals surface area contributed by atoms with Crippen molar-refractivity contribution in [3.63, 3.8) is 0 Å². The normalized spacial score (nSPS) is 26.9. The average molecular weight is 260 g/mol. The van der Waals surface area contributed by atoms with Crippen LogP contribution >= 0.6 is 0 Å². The number of nitrogens with two attached hydrogens (primary N) is 1. The van der Waals surface area contributed by atoms with Crippen LogP contribution in [0.1, 0.15) is 30.9 Å². The highest BCUT2D eigenvalue weighted by Crippen LogP contribution is 2.27. The molecule has 0 aliphatic carbocycles. The maximum Gasteiger partial charge on any atom is 0.0472 e. The zero-order chi connectivity index (χ0) is 13.1. The summed E-state index contributed by atoms with van der Waals surface area (Å²) >= 11 is 0. The van der Waals surface area contributed by atoms with Gasteiger partial charge in [-0.1, -0.05) is 0 Å². The SMILES string of the molecule is NCC(c1ccncc1)N1CCC(N2CCCC2)C1. The van der Waals surface area contributed by atoms with Crippen molar-refractivity contribution >= 4 is 0 Å². The molecule has 4 heteroatoms. The molecule has 0 radical (unpaired) electrons. The van der Waals surface area contributed by atoms with Crippen molar-refractivity contribution in [1.29, 1.82) is 0 Å². The lowest BCUT2D eigenvalue weighted by Gasteiger charge is -2.29. The molecule has 2 fully saturated rings. The van der Waals surface area contributed by atoms with Crippen LogP contribution in [-0.2, 0) is 0 Å². The first-order valence-corrected chi connectivity index (χ1v) is 7.46. The van der Waals surface area contributed by atoms with Crippen LogP contribution in [0.2, 0.25) is 0 Å². The van der Waals surface area contributed by atoms with Crippen molar-refractivity contribution in [3.05, 3.63) is 30.1 Å². The van der Waals surface area contributed by atoms with E-state index in [0.717, 1.165) is 6.04 Å². The van der Waals surface area contributed by atoms with Gasteiger partial charge < -0.3 is 5.73 Å². The van der Waals surface area contributed by atoms with E-state index in [9.17, 15) is 0 Å². The molecule has 2 unspecified atom stereocenters. The van der Waals surface area contributed by atoms with Crippen LogP contribution in [0.25, 0.3) is 0 Å². The Morgan fingerprint density at radius 1 is 1.21 bits per heavy atom. The van der Waals surface area contributed by atoms with Crippen LogP contribution in [0.4, 0.5) is 0 Å². The minimum Gasteiger partial charge on any atom is -0.329 e. The molecule has 3 rings (SSSR count). The molecule has 2 N–H and O–H groups in total. The zero-order valence-electron chi connectivity index (χ0n) is 11.5. The van der Waals surface area contributed by atoms with Crippen LogP contribution in [0.5, 0.6) is 0 Å². The van der Waals surface area contributed by atoms with Crippen molar-refractivity contribution in [3.8, 4) is 0 Å². The van der Waals surface area contributed by atoms with E-state index in [1.165, 1.54) is 51.0 Å². The Morgan fingerprint density at radius 3 is 2.63 bits per heavy atom. The van der Waals surface area contributed by atoms with E-state index in [1.54, 1.807) is 0 Å². The highest BCUT2D eigenvalue weighted by atomic mass is 15.3. The first-order valence-electron chi connectivity index (χ1n) is 7.46. The second-order valence-electron chi connectivity index (χ2n) is 5.71. The smallest absolute Gasteiger partial charge is 0.0472 e. The molecule has 2 saturated heterocycles. The van der Waals surface area contributed by atoms with E-state index in [-0.39, 0.29) is 0 Å². The molecule has 0 spiro atoms. The molecule has 3 heterocycles. The Balaban J connectivity index is 1.65. The summed E-state index contributed by atoms with van der Waals surface area (Å²) in [6.07, 6.45) is 7.78. The van der Waals surface area contributed by atoms with Crippen molar-refractivity contribution in [1.82, 2.24) is 14.8 Å². The highest BCUT2D eigenvalue weighted by molar-refractivity contribution is 5.16. The second-order valence-corrected chi connectivity index (χ2v) is 5.71. The van der Waals surface area contributed by atoms with Gasteiger partial charge in [0.2, 0.25) is 0 Å². The Labute approximate surface area is 115 Å². The fourth-order valence-electron chi connectivity index (χ4n) is 3.54. The van der Waals surface area contributed by atoms with E-state index < -0.39 is 0 Å².